The van der Waals surface area contributed by atoms with E-state index in [0.29, 0.717) is 6.04 Å². The van der Waals surface area contributed by atoms with Gasteiger partial charge in [-0.15, -0.1) is 6.58 Å². The third kappa shape index (κ3) is 5.40. The fraction of sp³-hybridized carbons (Fsp3) is 0.833. The Morgan fingerprint density at radius 1 is 1.36 bits per heavy atom. The van der Waals surface area contributed by atoms with Gasteiger partial charge in [0, 0.05) is 6.04 Å². The zero-order valence-corrected chi connectivity index (χ0v) is 9.17. The van der Waals surface area contributed by atoms with Crippen molar-refractivity contribution < 1.29 is 0 Å². The molecular formula is C12H24N2. The maximum absolute atomic E-state index is 5.52. The van der Waals surface area contributed by atoms with Crippen LogP contribution in [0.3, 0.4) is 0 Å². The Kier molecular flexibility index (Phi) is 5.88. The molecule has 0 heterocycles. The molecule has 0 amide bonds. The zero-order chi connectivity index (χ0) is 10.2. The highest BCUT2D eigenvalue weighted by Crippen LogP contribution is 2.34. The summed E-state index contributed by atoms with van der Waals surface area (Å²) in [5.74, 6) is 6.50. The summed E-state index contributed by atoms with van der Waals surface area (Å²) in [6, 6.07) is 0.561. The summed E-state index contributed by atoms with van der Waals surface area (Å²) >= 11 is 0. The number of hydrogen-bond donors (Lipinski definition) is 2. The lowest BCUT2D eigenvalue weighted by Crippen LogP contribution is -2.35. The number of hydrogen-bond acceptors (Lipinski definition) is 2. The standard InChI is InChI=1S/C12H24N2/c1-2-3-4-5-6-7-12(14-13)10-11-8-9-11/h2,11-12,14H,1,3-10,13H2. The number of allylic oxidation sites excluding steroid dienone is 1. The average molecular weight is 196 g/mol. The SMILES string of the molecule is C=CCCCCCC(CC1CC1)NN. The van der Waals surface area contributed by atoms with Gasteiger partial charge in [0.25, 0.3) is 0 Å². The number of unbranched alkanes of at least 4 members (excludes halogenated alkanes) is 3. The lowest BCUT2D eigenvalue weighted by Gasteiger charge is -2.14. The van der Waals surface area contributed by atoms with Crippen molar-refractivity contribution in [2.45, 2.75) is 57.4 Å². The van der Waals surface area contributed by atoms with Gasteiger partial charge in [0.05, 0.1) is 0 Å². The predicted molar refractivity (Wildman–Crippen MR) is 61.7 cm³/mol. The molecule has 0 radical (unpaired) electrons. The molecule has 1 rings (SSSR count). The summed E-state index contributed by atoms with van der Waals surface area (Å²) < 4.78 is 0. The maximum Gasteiger partial charge on any atom is 0.0213 e. The molecule has 0 aliphatic heterocycles. The van der Waals surface area contributed by atoms with Crippen LogP contribution in [-0.2, 0) is 0 Å². The molecule has 1 fully saturated rings. The molecule has 0 spiro atoms. The minimum Gasteiger partial charge on any atom is -0.271 e. The Morgan fingerprint density at radius 3 is 2.71 bits per heavy atom. The van der Waals surface area contributed by atoms with Crippen LogP contribution in [0, 0.1) is 5.92 Å². The van der Waals surface area contributed by atoms with Crippen LogP contribution in [0.5, 0.6) is 0 Å². The van der Waals surface area contributed by atoms with Crippen LogP contribution in [0.25, 0.3) is 0 Å². The zero-order valence-electron chi connectivity index (χ0n) is 9.17. The van der Waals surface area contributed by atoms with E-state index in [-0.39, 0.29) is 0 Å². The number of rotatable bonds is 9. The van der Waals surface area contributed by atoms with Gasteiger partial charge in [-0.3, -0.25) is 11.3 Å². The molecule has 82 valence electrons. The Labute approximate surface area is 87.9 Å². The van der Waals surface area contributed by atoms with Gasteiger partial charge >= 0.3 is 0 Å². The predicted octanol–water partition coefficient (Wildman–Crippen LogP) is 2.75. The molecule has 2 heteroatoms. The van der Waals surface area contributed by atoms with Crippen LogP contribution in [0.4, 0.5) is 0 Å². The van der Waals surface area contributed by atoms with Gasteiger partial charge in [-0.1, -0.05) is 31.8 Å². The normalized spacial score (nSPS) is 18.1. The van der Waals surface area contributed by atoms with Crippen molar-refractivity contribution in [3.8, 4) is 0 Å². The first-order chi connectivity index (χ1) is 6.86. The molecule has 0 aromatic carbocycles. The van der Waals surface area contributed by atoms with Crippen molar-refractivity contribution in [2.24, 2.45) is 11.8 Å². The van der Waals surface area contributed by atoms with Gasteiger partial charge in [0.15, 0.2) is 0 Å². The van der Waals surface area contributed by atoms with Crippen molar-refractivity contribution in [3.63, 3.8) is 0 Å². The van der Waals surface area contributed by atoms with Crippen molar-refractivity contribution in [1.82, 2.24) is 5.43 Å². The first-order valence-electron chi connectivity index (χ1n) is 5.94. The second-order valence-electron chi connectivity index (χ2n) is 4.47. The van der Waals surface area contributed by atoms with Gasteiger partial charge in [0.1, 0.15) is 0 Å². The van der Waals surface area contributed by atoms with Gasteiger partial charge in [-0.2, -0.15) is 0 Å². The van der Waals surface area contributed by atoms with Crippen LogP contribution in [0.2, 0.25) is 0 Å². The Bertz CT molecular complexity index is 152. The van der Waals surface area contributed by atoms with Gasteiger partial charge < -0.3 is 0 Å². The van der Waals surface area contributed by atoms with E-state index in [1.807, 2.05) is 6.08 Å². The van der Waals surface area contributed by atoms with Crippen LogP contribution in [0.1, 0.15) is 51.4 Å². The summed E-state index contributed by atoms with van der Waals surface area (Å²) in [4.78, 5) is 0. The summed E-state index contributed by atoms with van der Waals surface area (Å²) in [5.41, 5.74) is 2.94. The van der Waals surface area contributed by atoms with E-state index in [0.717, 1.165) is 12.3 Å². The highest BCUT2D eigenvalue weighted by molar-refractivity contribution is 4.79. The van der Waals surface area contributed by atoms with Gasteiger partial charge in [0.2, 0.25) is 0 Å². The number of hydrazine groups is 1. The number of nitrogens with one attached hydrogen (secondary N) is 1. The fourth-order valence-corrected chi connectivity index (χ4v) is 1.88. The van der Waals surface area contributed by atoms with E-state index in [1.165, 1.54) is 44.9 Å². The molecule has 3 N–H and O–H groups in total. The molecule has 1 atom stereocenters. The smallest absolute Gasteiger partial charge is 0.0213 e. The molecule has 0 aromatic rings. The quantitative estimate of drug-likeness (QED) is 0.257. The lowest BCUT2D eigenvalue weighted by molar-refractivity contribution is 0.423. The van der Waals surface area contributed by atoms with E-state index in [2.05, 4.69) is 12.0 Å². The second-order valence-corrected chi connectivity index (χ2v) is 4.47. The third-order valence-electron chi connectivity index (χ3n) is 3.01. The van der Waals surface area contributed by atoms with E-state index >= 15 is 0 Å². The summed E-state index contributed by atoms with van der Waals surface area (Å²) in [6.07, 6.45) is 12.4. The third-order valence-corrected chi connectivity index (χ3v) is 3.01. The molecular weight excluding hydrogens is 172 g/mol. The second kappa shape index (κ2) is 7.02. The van der Waals surface area contributed by atoms with Gasteiger partial charge in [-0.25, -0.2) is 0 Å². The minimum atomic E-state index is 0.561. The highest BCUT2D eigenvalue weighted by Gasteiger charge is 2.24. The van der Waals surface area contributed by atoms with Crippen LogP contribution >= 0.6 is 0 Å². The molecule has 0 aromatic heterocycles. The van der Waals surface area contributed by atoms with Crippen molar-refractivity contribution >= 4 is 0 Å². The maximum atomic E-state index is 5.52. The first kappa shape index (κ1) is 11.7. The molecule has 2 nitrogen and oxygen atoms in total. The van der Waals surface area contributed by atoms with E-state index in [4.69, 9.17) is 5.84 Å². The van der Waals surface area contributed by atoms with E-state index in [1.54, 1.807) is 0 Å². The van der Waals surface area contributed by atoms with Crippen LogP contribution in [0.15, 0.2) is 12.7 Å². The van der Waals surface area contributed by atoms with Crippen molar-refractivity contribution in [1.29, 1.82) is 0 Å². The Hall–Kier alpha value is -0.340. The highest BCUT2D eigenvalue weighted by atomic mass is 15.2. The van der Waals surface area contributed by atoms with Crippen molar-refractivity contribution in [2.75, 3.05) is 0 Å². The monoisotopic (exact) mass is 196 g/mol. The van der Waals surface area contributed by atoms with Crippen molar-refractivity contribution in [3.05, 3.63) is 12.7 Å². The summed E-state index contributed by atoms with van der Waals surface area (Å²) in [7, 11) is 0. The summed E-state index contributed by atoms with van der Waals surface area (Å²) in [5, 5.41) is 0. The topological polar surface area (TPSA) is 38.0 Å². The largest absolute Gasteiger partial charge is 0.271 e. The van der Waals surface area contributed by atoms with Gasteiger partial charge in [-0.05, 0) is 31.6 Å². The first-order valence-corrected chi connectivity index (χ1v) is 5.94. The Balaban J connectivity index is 1.93. The van der Waals surface area contributed by atoms with E-state index < -0.39 is 0 Å². The summed E-state index contributed by atoms with van der Waals surface area (Å²) in [6.45, 7) is 3.72. The number of nitrogens with two attached hydrogens (primary N) is 1. The van der Waals surface area contributed by atoms with Crippen LogP contribution < -0.4 is 11.3 Å². The molecule has 0 saturated heterocycles. The molecule has 1 saturated carbocycles. The van der Waals surface area contributed by atoms with Crippen LogP contribution in [-0.4, -0.2) is 6.04 Å². The molecule has 0 bridgehead atoms. The lowest BCUT2D eigenvalue weighted by atomic mass is 10.0. The fourth-order valence-electron chi connectivity index (χ4n) is 1.88. The molecule has 1 aliphatic carbocycles. The molecule has 14 heavy (non-hydrogen) atoms. The van der Waals surface area contributed by atoms with E-state index in [9.17, 15) is 0 Å². The minimum absolute atomic E-state index is 0.561. The average Bonchev–Trinajstić information content (AvgIpc) is 2.99. The Morgan fingerprint density at radius 2 is 2.14 bits per heavy atom. The molecule has 1 unspecified atom stereocenters. The molecule has 1 aliphatic rings.